The van der Waals surface area contributed by atoms with E-state index < -0.39 is 5.54 Å². The SMILES string of the molecule is CC(CO)(CO)NCc1cc(Cl)cc(Cl)c1. The van der Waals surface area contributed by atoms with Crippen molar-refractivity contribution < 1.29 is 10.2 Å². The molecule has 0 unspecified atom stereocenters. The average molecular weight is 264 g/mol. The molecule has 0 bridgehead atoms. The van der Waals surface area contributed by atoms with Gasteiger partial charge in [-0.1, -0.05) is 23.2 Å². The third-order valence-corrected chi connectivity index (χ3v) is 2.78. The molecule has 0 radical (unpaired) electrons. The monoisotopic (exact) mass is 263 g/mol. The normalized spacial score (nSPS) is 11.8. The summed E-state index contributed by atoms with van der Waals surface area (Å²) < 4.78 is 0. The third kappa shape index (κ3) is 3.92. The molecule has 1 aromatic carbocycles. The van der Waals surface area contributed by atoms with Gasteiger partial charge in [0, 0.05) is 16.6 Å². The molecule has 0 amide bonds. The van der Waals surface area contributed by atoms with Crippen molar-refractivity contribution in [3.63, 3.8) is 0 Å². The quantitative estimate of drug-likeness (QED) is 0.760. The van der Waals surface area contributed by atoms with Crippen molar-refractivity contribution in [1.29, 1.82) is 0 Å². The van der Waals surface area contributed by atoms with Crippen LogP contribution >= 0.6 is 23.2 Å². The van der Waals surface area contributed by atoms with E-state index in [1.807, 2.05) is 0 Å². The fourth-order valence-electron chi connectivity index (χ4n) is 1.19. The van der Waals surface area contributed by atoms with Crippen LogP contribution in [0.25, 0.3) is 0 Å². The number of halogens is 2. The van der Waals surface area contributed by atoms with Crippen molar-refractivity contribution >= 4 is 23.2 Å². The molecule has 3 nitrogen and oxygen atoms in total. The molecule has 5 heteroatoms. The molecule has 0 aliphatic carbocycles. The fraction of sp³-hybridized carbons (Fsp3) is 0.455. The van der Waals surface area contributed by atoms with Gasteiger partial charge in [0.05, 0.1) is 18.8 Å². The summed E-state index contributed by atoms with van der Waals surface area (Å²) in [6, 6.07) is 5.23. The molecule has 1 aromatic rings. The van der Waals surface area contributed by atoms with Crippen LogP contribution in [0, 0.1) is 0 Å². The summed E-state index contributed by atoms with van der Waals surface area (Å²) >= 11 is 11.7. The number of aliphatic hydroxyl groups excluding tert-OH is 2. The molecule has 16 heavy (non-hydrogen) atoms. The van der Waals surface area contributed by atoms with Gasteiger partial charge in [-0.05, 0) is 30.7 Å². The Morgan fingerprint density at radius 3 is 2.06 bits per heavy atom. The molecule has 0 heterocycles. The lowest BCUT2D eigenvalue weighted by atomic mass is 10.0. The van der Waals surface area contributed by atoms with E-state index in [9.17, 15) is 0 Å². The van der Waals surface area contributed by atoms with Gasteiger partial charge in [0.1, 0.15) is 0 Å². The molecular formula is C11H15Cl2NO2. The van der Waals surface area contributed by atoms with E-state index in [2.05, 4.69) is 5.32 Å². The molecule has 0 saturated carbocycles. The maximum Gasteiger partial charge on any atom is 0.0633 e. The van der Waals surface area contributed by atoms with E-state index in [-0.39, 0.29) is 13.2 Å². The zero-order valence-electron chi connectivity index (χ0n) is 9.00. The van der Waals surface area contributed by atoms with Crippen molar-refractivity contribution in [2.75, 3.05) is 13.2 Å². The Morgan fingerprint density at radius 2 is 1.62 bits per heavy atom. The summed E-state index contributed by atoms with van der Waals surface area (Å²) in [5.74, 6) is 0. The Balaban J connectivity index is 2.67. The standard InChI is InChI=1S/C11H15Cl2NO2/c1-11(6-15,7-16)14-5-8-2-9(12)4-10(13)3-8/h2-4,14-16H,5-7H2,1H3. The molecule has 1 rings (SSSR count). The lowest BCUT2D eigenvalue weighted by Crippen LogP contribution is -2.48. The molecule has 0 aliphatic rings. The van der Waals surface area contributed by atoms with Crippen molar-refractivity contribution in [2.45, 2.75) is 19.0 Å². The number of aliphatic hydroxyl groups is 2. The smallest absolute Gasteiger partial charge is 0.0633 e. The summed E-state index contributed by atoms with van der Waals surface area (Å²) in [5, 5.41) is 22.4. The molecule has 0 aliphatic heterocycles. The van der Waals surface area contributed by atoms with Crippen molar-refractivity contribution in [1.82, 2.24) is 5.32 Å². The van der Waals surface area contributed by atoms with Crippen LogP contribution in [0.4, 0.5) is 0 Å². The number of rotatable bonds is 5. The Labute approximate surface area is 105 Å². The summed E-state index contributed by atoms with van der Waals surface area (Å²) in [6.45, 7) is 1.94. The van der Waals surface area contributed by atoms with Crippen molar-refractivity contribution in [2.24, 2.45) is 0 Å². The highest BCUT2D eigenvalue weighted by atomic mass is 35.5. The van der Waals surface area contributed by atoms with Crippen LogP contribution in [0.2, 0.25) is 10.0 Å². The molecule has 3 N–H and O–H groups in total. The van der Waals surface area contributed by atoms with Crippen LogP contribution in [0.15, 0.2) is 18.2 Å². The minimum Gasteiger partial charge on any atom is -0.394 e. The first kappa shape index (κ1) is 13.7. The number of hydrogen-bond acceptors (Lipinski definition) is 3. The first-order valence-corrected chi connectivity index (χ1v) is 5.66. The van der Waals surface area contributed by atoms with Crippen LogP contribution in [-0.2, 0) is 6.54 Å². The maximum atomic E-state index is 9.10. The molecular weight excluding hydrogens is 249 g/mol. The number of benzene rings is 1. The molecule has 0 spiro atoms. The molecule has 90 valence electrons. The predicted molar refractivity (Wildman–Crippen MR) is 65.9 cm³/mol. The van der Waals surface area contributed by atoms with E-state index in [0.29, 0.717) is 16.6 Å². The van der Waals surface area contributed by atoms with E-state index >= 15 is 0 Å². The van der Waals surface area contributed by atoms with E-state index in [4.69, 9.17) is 33.4 Å². The minimum absolute atomic E-state index is 0.141. The van der Waals surface area contributed by atoms with Gasteiger partial charge < -0.3 is 15.5 Å². The van der Waals surface area contributed by atoms with Crippen LogP contribution in [0.5, 0.6) is 0 Å². The number of hydrogen-bond donors (Lipinski definition) is 3. The predicted octanol–water partition coefficient (Wildman–Crippen LogP) is 1.83. The lowest BCUT2D eigenvalue weighted by molar-refractivity contribution is 0.103. The van der Waals surface area contributed by atoms with Crippen LogP contribution in [-0.4, -0.2) is 29.0 Å². The van der Waals surface area contributed by atoms with Gasteiger partial charge in [0.25, 0.3) is 0 Å². The lowest BCUT2D eigenvalue weighted by Gasteiger charge is -2.26. The second-order valence-electron chi connectivity index (χ2n) is 4.01. The van der Waals surface area contributed by atoms with E-state index in [1.54, 1.807) is 25.1 Å². The highest BCUT2D eigenvalue weighted by Crippen LogP contribution is 2.19. The third-order valence-electron chi connectivity index (χ3n) is 2.34. The molecule has 0 fully saturated rings. The number of nitrogens with one attached hydrogen (secondary N) is 1. The summed E-state index contributed by atoms with van der Waals surface area (Å²) in [5.41, 5.74) is 0.208. The van der Waals surface area contributed by atoms with E-state index in [1.165, 1.54) is 0 Å². The average Bonchev–Trinajstić information content (AvgIpc) is 2.25. The topological polar surface area (TPSA) is 52.5 Å². The highest BCUT2D eigenvalue weighted by Gasteiger charge is 2.21. The molecule has 0 saturated heterocycles. The van der Waals surface area contributed by atoms with Gasteiger partial charge in [-0.3, -0.25) is 0 Å². The van der Waals surface area contributed by atoms with Gasteiger partial charge in [-0.25, -0.2) is 0 Å². The second-order valence-corrected chi connectivity index (χ2v) is 4.88. The van der Waals surface area contributed by atoms with Crippen LogP contribution in [0.1, 0.15) is 12.5 Å². The maximum absolute atomic E-state index is 9.10. The Kier molecular flexibility index (Phi) is 5.02. The van der Waals surface area contributed by atoms with Crippen LogP contribution in [0.3, 0.4) is 0 Å². The first-order chi connectivity index (χ1) is 7.49. The van der Waals surface area contributed by atoms with Gasteiger partial charge in [-0.15, -0.1) is 0 Å². The summed E-state index contributed by atoms with van der Waals surface area (Å²) in [7, 11) is 0. The zero-order valence-corrected chi connectivity index (χ0v) is 10.5. The highest BCUT2D eigenvalue weighted by molar-refractivity contribution is 6.34. The molecule has 0 aromatic heterocycles. The van der Waals surface area contributed by atoms with Crippen LogP contribution < -0.4 is 5.32 Å². The zero-order chi connectivity index (χ0) is 12.2. The van der Waals surface area contributed by atoms with E-state index in [0.717, 1.165) is 5.56 Å². The van der Waals surface area contributed by atoms with Gasteiger partial charge >= 0.3 is 0 Å². The van der Waals surface area contributed by atoms with Crippen molar-refractivity contribution in [3.8, 4) is 0 Å². The molecule has 0 atom stereocenters. The Hall–Kier alpha value is -0.320. The van der Waals surface area contributed by atoms with Crippen molar-refractivity contribution in [3.05, 3.63) is 33.8 Å². The van der Waals surface area contributed by atoms with Gasteiger partial charge in [0.15, 0.2) is 0 Å². The van der Waals surface area contributed by atoms with Gasteiger partial charge in [0.2, 0.25) is 0 Å². The Morgan fingerprint density at radius 1 is 1.12 bits per heavy atom. The first-order valence-electron chi connectivity index (χ1n) is 4.91. The fourth-order valence-corrected chi connectivity index (χ4v) is 1.76. The largest absolute Gasteiger partial charge is 0.394 e. The Bertz CT molecular complexity index is 334. The summed E-state index contributed by atoms with van der Waals surface area (Å²) in [6.07, 6.45) is 0. The summed E-state index contributed by atoms with van der Waals surface area (Å²) in [4.78, 5) is 0. The second kappa shape index (κ2) is 5.84. The minimum atomic E-state index is -0.700. The van der Waals surface area contributed by atoms with Gasteiger partial charge in [-0.2, -0.15) is 0 Å².